The molecule has 0 aliphatic rings. The van der Waals surface area contributed by atoms with Crippen LogP contribution >= 0.6 is 0 Å². The van der Waals surface area contributed by atoms with Crippen LogP contribution in [0.4, 0.5) is 11.4 Å². The van der Waals surface area contributed by atoms with Gasteiger partial charge >= 0.3 is 0 Å². The van der Waals surface area contributed by atoms with Crippen LogP contribution in [0.2, 0.25) is 0 Å². The Morgan fingerprint density at radius 1 is 1.56 bits per heavy atom. The third-order valence-electron chi connectivity index (χ3n) is 2.38. The monoisotopic (exact) mass is 223 g/mol. The Labute approximate surface area is 94.4 Å². The van der Waals surface area contributed by atoms with Crippen molar-refractivity contribution in [3.05, 3.63) is 23.8 Å². The van der Waals surface area contributed by atoms with Crippen molar-refractivity contribution in [1.29, 1.82) is 0 Å². The number of hydrogen-bond donors (Lipinski definition) is 4. The SMILES string of the molecule is CCC(CO)Nc1cc(N)ccc1C(N)=O. The molecule has 1 aromatic rings. The molecule has 0 spiro atoms. The number of aliphatic hydroxyl groups is 1. The number of nitrogens with two attached hydrogens (primary N) is 2. The molecule has 0 aromatic heterocycles. The van der Waals surface area contributed by atoms with Crippen molar-refractivity contribution in [2.45, 2.75) is 19.4 Å². The van der Waals surface area contributed by atoms with E-state index in [1.807, 2.05) is 6.92 Å². The van der Waals surface area contributed by atoms with Crippen LogP contribution < -0.4 is 16.8 Å². The summed E-state index contributed by atoms with van der Waals surface area (Å²) in [4.78, 5) is 11.2. The van der Waals surface area contributed by atoms with Crippen LogP contribution in [0.1, 0.15) is 23.7 Å². The van der Waals surface area contributed by atoms with E-state index in [9.17, 15) is 4.79 Å². The highest BCUT2D eigenvalue weighted by Gasteiger charge is 2.11. The van der Waals surface area contributed by atoms with Crippen LogP contribution in [-0.2, 0) is 0 Å². The number of aliphatic hydroxyl groups excluding tert-OH is 1. The van der Waals surface area contributed by atoms with Gasteiger partial charge in [0.05, 0.1) is 12.2 Å². The second kappa shape index (κ2) is 5.37. The predicted octanol–water partition coefficient (Wildman–Crippen LogP) is 0.551. The minimum absolute atomic E-state index is 0.0104. The number of anilines is 2. The van der Waals surface area contributed by atoms with Crippen LogP contribution in [-0.4, -0.2) is 23.7 Å². The minimum atomic E-state index is -0.518. The van der Waals surface area contributed by atoms with E-state index in [0.29, 0.717) is 16.9 Å². The second-order valence-electron chi connectivity index (χ2n) is 3.60. The standard InChI is InChI=1S/C11H17N3O2/c1-2-8(6-15)14-10-5-7(12)3-4-9(10)11(13)16/h3-5,8,14-15H,2,6,12H2,1H3,(H2,13,16). The van der Waals surface area contributed by atoms with Crippen LogP contribution in [0.15, 0.2) is 18.2 Å². The molecule has 0 bridgehead atoms. The lowest BCUT2D eigenvalue weighted by Gasteiger charge is -2.17. The molecule has 0 aliphatic heterocycles. The Kier molecular flexibility index (Phi) is 4.13. The molecule has 0 aliphatic carbocycles. The van der Waals surface area contributed by atoms with Crippen molar-refractivity contribution in [2.24, 2.45) is 5.73 Å². The molecule has 1 amide bonds. The number of nitrogen functional groups attached to an aromatic ring is 1. The first-order valence-electron chi connectivity index (χ1n) is 5.15. The van der Waals surface area contributed by atoms with Gasteiger partial charge in [-0.3, -0.25) is 4.79 Å². The second-order valence-corrected chi connectivity index (χ2v) is 3.60. The van der Waals surface area contributed by atoms with Crippen LogP contribution in [0.3, 0.4) is 0 Å². The third kappa shape index (κ3) is 2.87. The average Bonchev–Trinajstić information content (AvgIpc) is 2.25. The quantitative estimate of drug-likeness (QED) is 0.547. The fraction of sp³-hybridized carbons (Fsp3) is 0.364. The lowest BCUT2D eigenvalue weighted by Crippen LogP contribution is -2.25. The van der Waals surface area contributed by atoms with Crippen molar-refractivity contribution in [2.75, 3.05) is 17.7 Å². The zero-order valence-electron chi connectivity index (χ0n) is 9.23. The van der Waals surface area contributed by atoms with Gasteiger partial charge in [-0.1, -0.05) is 6.92 Å². The zero-order valence-corrected chi connectivity index (χ0v) is 9.23. The molecule has 1 rings (SSSR count). The summed E-state index contributed by atoms with van der Waals surface area (Å²) in [6.07, 6.45) is 0.740. The van der Waals surface area contributed by atoms with Crippen molar-refractivity contribution >= 4 is 17.3 Å². The average molecular weight is 223 g/mol. The summed E-state index contributed by atoms with van der Waals surface area (Å²) < 4.78 is 0. The van der Waals surface area contributed by atoms with E-state index in [2.05, 4.69) is 5.32 Å². The number of nitrogens with one attached hydrogen (secondary N) is 1. The van der Waals surface area contributed by atoms with Gasteiger partial charge in [-0.15, -0.1) is 0 Å². The maximum absolute atomic E-state index is 11.2. The molecule has 0 heterocycles. The molecule has 5 nitrogen and oxygen atoms in total. The van der Waals surface area contributed by atoms with E-state index in [4.69, 9.17) is 16.6 Å². The van der Waals surface area contributed by atoms with E-state index in [1.165, 1.54) is 0 Å². The lowest BCUT2D eigenvalue weighted by molar-refractivity contribution is 0.100. The molecule has 1 atom stereocenters. The van der Waals surface area contributed by atoms with E-state index in [1.54, 1.807) is 18.2 Å². The molecule has 1 unspecified atom stereocenters. The topological polar surface area (TPSA) is 101 Å². The van der Waals surface area contributed by atoms with Gasteiger partial charge in [0, 0.05) is 17.4 Å². The summed E-state index contributed by atoms with van der Waals surface area (Å²) in [6.45, 7) is 1.92. The number of benzene rings is 1. The molecule has 1 aromatic carbocycles. The molecule has 0 saturated carbocycles. The van der Waals surface area contributed by atoms with Gasteiger partial charge < -0.3 is 21.9 Å². The third-order valence-corrected chi connectivity index (χ3v) is 2.38. The highest BCUT2D eigenvalue weighted by atomic mass is 16.3. The number of amides is 1. The maximum Gasteiger partial charge on any atom is 0.250 e. The molecule has 0 radical (unpaired) electrons. The fourth-order valence-corrected chi connectivity index (χ4v) is 1.39. The zero-order chi connectivity index (χ0) is 12.1. The fourth-order valence-electron chi connectivity index (χ4n) is 1.39. The summed E-state index contributed by atoms with van der Waals surface area (Å²) in [5.41, 5.74) is 12.4. The predicted molar refractivity (Wildman–Crippen MR) is 64.2 cm³/mol. The first kappa shape index (κ1) is 12.3. The summed E-state index contributed by atoms with van der Waals surface area (Å²) in [5.74, 6) is -0.518. The molecule has 0 fully saturated rings. The van der Waals surface area contributed by atoms with Gasteiger partial charge in [-0.25, -0.2) is 0 Å². The van der Waals surface area contributed by atoms with E-state index < -0.39 is 5.91 Å². The molecule has 16 heavy (non-hydrogen) atoms. The van der Waals surface area contributed by atoms with Crippen LogP contribution in [0, 0.1) is 0 Å². The Hall–Kier alpha value is -1.75. The Bertz CT molecular complexity index is 375. The Balaban J connectivity index is 3.00. The van der Waals surface area contributed by atoms with Crippen LogP contribution in [0.5, 0.6) is 0 Å². The van der Waals surface area contributed by atoms with Gasteiger partial charge in [0.15, 0.2) is 0 Å². The maximum atomic E-state index is 11.2. The number of carbonyl (C=O) groups is 1. The van der Waals surface area contributed by atoms with Gasteiger partial charge in [0.1, 0.15) is 0 Å². The Morgan fingerprint density at radius 3 is 2.75 bits per heavy atom. The molecule has 0 saturated heterocycles. The normalized spacial score (nSPS) is 12.1. The molecule has 6 N–H and O–H groups in total. The Morgan fingerprint density at radius 2 is 2.25 bits per heavy atom. The summed E-state index contributed by atoms with van der Waals surface area (Å²) in [6, 6.07) is 4.72. The molecular formula is C11H17N3O2. The first-order chi connectivity index (χ1) is 7.58. The summed E-state index contributed by atoms with van der Waals surface area (Å²) in [5, 5.41) is 12.1. The highest BCUT2D eigenvalue weighted by Crippen LogP contribution is 2.20. The summed E-state index contributed by atoms with van der Waals surface area (Å²) in [7, 11) is 0. The minimum Gasteiger partial charge on any atom is -0.399 e. The molecule has 88 valence electrons. The smallest absolute Gasteiger partial charge is 0.250 e. The van der Waals surface area contributed by atoms with Crippen molar-refractivity contribution in [1.82, 2.24) is 0 Å². The molecule has 5 heteroatoms. The number of hydrogen-bond acceptors (Lipinski definition) is 4. The van der Waals surface area contributed by atoms with Crippen molar-refractivity contribution in [3.8, 4) is 0 Å². The highest BCUT2D eigenvalue weighted by molar-refractivity contribution is 5.99. The lowest BCUT2D eigenvalue weighted by atomic mass is 10.1. The van der Waals surface area contributed by atoms with Gasteiger partial charge in [0.25, 0.3) is 5.91 Å². The van der Waals surface area contributed by atoms with Gasteiger partial charge in [-0.05, 0) is 24.6 Å². The van der Waals surface area contributed by atoms with Gasteiger partial charge in [-0.2, -0.15) is 0 Å². The number of rotatable bonds is 5. The number of primary amides is 1. The summed E-state index contributed by atoms with van der Waals surface area (Å²) >= 11 is 0. The van der Waals surface area contributed by atoms with Crippen molar-refractivity contribution < 1.29 is 9.90 Å². The number of carbonyl (C=O) groups excluding carboxylic acids is 1. The first-order valence-corrected chi connectivity index (χ1v) is 5.15. The van der Waals surface area contributed by atoms with Crippen molar-refractivity contribution in [3.63, 3.8) is 0 Å². The largest absolute Gasteiger partial charge is 0.399 e. The van der Waals surface area contributed by atoms with E-state index in [0.717, 1.165) is 6.42 Å². The van der Waals surface area contributed by atoms with E-state index in [-0.39, 0.29) is 12.6 Å². The van der Waals surface area contributed by atoms with Crippen LogP contribution in [0.25, 0.3) is 0 Å². The van der Waals surface area contributed by atoms with Gasteiger partial charge in [0.2, 0.25) is 0 Å². The van der Waals surface area contributed by atoms with E-state index >= 15 is 0 Å². The molecular weight excluding hydrogens is 206 g/mol.